The zero-order chi connectivity index (χ0) is 30.5. The van der Waals surface area contributed by atoms with Gasteiger partial charge in [-0.05, 0) is 56.2 Å². The zero-order valence-corrected chi connectivity index (χ0v) is 25.5. The third kappa shape index (κ3) is 8.27. The number of nitrogens with zero attached hydrogens (tertiary/aromatic N) is 1. The summed E-state index contributed by atoms with van der Waals surface area (Å²) in [6.07, 6.45) is 5.96. The lowest BCUT2D eigenvalue weighted by Crippen LogP contribution is -2.49. The summed E-state index contributed by atoms with van der Waals surface area (Å²) < 4.78 is 43.4. The summed E-state index contributed by atoms with van der Waals surface area (Å²) in [5.74, 6) is 2.78. The summed E-state index contributed by atoms with van der Waals surface area (Å²) in [4.78, 5) is 27.4. The van der Waals surface area contributed by atoms with Crippen LogP contribution in [0.4, 0.5) is 4.79 Å². The van der Waals surface area contributed by atoms with Gasteiger partial charge < -0.3 is 37.9 Å². The van der Waals surface area contributed by atoms with E-state index in [0.29, 0.717) is 54.1 Å². The Bertz CT molecular complexity index is 1130. The van der Waals surface area contributed by atoms with Gasteiger partial charge in [0.15, 0.2) is 23.0 Å². The molecular formula is C31H43NO10. The Morgan fingerprint density at radius 1 is 0.714 bits per heavy atom. The molecule has 1 fully saturated rings. The van der Waals surface area contributed by atoms with Crippen molar-refractivity contribution in [3.05, 3.63) is 29.8 Å². The van der Waals surface area contributed by atoms with Crippen LogP contribution in [0.5, 0.6) is 40.2 Å². The summed E-state index contributed by atoms with van der Waals surface area (Å²) in [5.41, 5.74) is 1.10. The van der Waals surface area contributed by atoms with Gasteiger partial charge in [-0.25, -0.2) is 9.59 Å². The summed E-state index contributed by atoms with van der Waals surface area (Å²) >= 11 is 0. The van der Waals surface area contributed by atoms with Gasteiger partial charge in [0, 0.05) is 18.7 Å². The van der Waals surface area contributed by atoms with E-state index in [1.54, 1.807) is 21.3 Å². The number of unbranched alkanes of at least 4 members (excludes halogenated alkanes) is 3. The fourth-order valence-corrected chi connectivity index (χ4v) is 5.00. The van der Waals surface area contributed by atoms with Crippen molar-refractivity contribution in [1.82, 2.24) is 4.90 Å². The highest BCUT2D eigenvalue weighted by atomic mass is 16.6. The van der Waals surface area contributed by atoms with Gasteiger partial charge in [0.2, 0.25) is 11.5 Å². The summed E-state index contributed by atoms with van der Waals surface area (Å²) in [6.45, 7) is 0.708. The monoisotopic (exact) mass is 589 g/mol. The molecule has 1 heterocycles. The maximum absolute atomic E-state index is 13.1. The maximum Gasteiger partial charge on any atom is 0.415 e. The molecule has 0 saturated carbocycles. The molecule has 2 aromatic carbocycles. The molecule has 0 spiro atoms. The zero-order valence-electron chi connectivity index (χ0n) is 25.5. The minimum Gasteiger partial charge on any atom is -0.493 e. The van der Waals surface area contributed by atoms with Crippen LogP contribution < -0.4 is 33.2 Å². The van der Waals surface area contributed by atoms with E-state index in [1.807, 2.05) is 12.1 Å². The molecule has 0 radical (unpaired) electrons. The third-order valence-corrected chi connectivity index (χ3v) is 7.18. The average Bonchev–Trinajstić information content (AvgIpc) is 3.02. The second kappa shape index (κ2) is 16.4. The number of rotatable bonds is 15. The number of hydrogen-bond donors (Lipinski definition) is 0. The lowest BCUT2D eigenvalue weighted by molar-refractivity contribution is -0.150. The van der Waals surface area contributed by atoms with Crippen LogP contribution >= 0.6 is 0 Å². The molecule has 1 unspecified atom stereocenters. The van der Waals surface area contributed by atoms with Gasteiger partial charge in [-0.15, -0.1) is 0 Å². The number of piperidine rings is 1. The van der Waals surface area contributed by atoms with Gasteiger partial charge in [-0.1, -0.05) is 12.8 Å². The first-order chi connectivity index (χ1) is 20.4. The van der Waals surface area contributed by atoms with E-state index < -0.39 is 18.1 Å². The van der Waals surface area contributed by atoms with Gasteiger partial charge >= 0.3 is 12.1 Å². The van der Waals surface area contributed by atoms with Crippen LogP contribution in [-0.2, 0) is 16.0 Å². The standard InChI is InChI=1S/C31H43NO10/c1-35-24-17-21(18-25(36-2)28(24)39-5)13-9-7-8-12-16-41-30(33)23-14-10-11-15-32(23)31(34)42-22-19-26(37-3)29(40-6)27(20-22)38-4/h17-20,23H,7-16H2,1-6H3. The van der Waals surface area contributed by atoms with Crippen LogP contribution in [0.3, 0.4) is 0 Å². The Labute approximate surface area is 247 Å². The molecule has 232 valence electrons. The number of aryl methyl sites for hydroxylation is 1. The van der Waals surface area contributed by atoms with Crippen molar-refractivity contribution < 1.29 is 47.5 Å². The Kier molecular flexibility index (Phi) is 12.7. The Hall–Kier alpha value is -4.02. The van der Waals surface area contributed by atoms with Crippen LogP contribution in [0.2, 0.25) is 0 Å². The third-order valence-electron chi connectivity index (χ3n) is 7.18. The van der Waals surface area contributed by atoms with Crippen molar-refractivity contribution in [1.29, 1.82) is 0 Å². The summed E-state index contributed by atoms with van der Waals surface area (Å²) in [6, 6.07) is 6.32. The largest absolute Gasteiger partial charge is 0.493 e. The number of esters is 1. The minimum atomic E-state index is -0.687. The topological polar surface area (TPSA) is 111 Å². The van der Waals surface area contributed by atoms with Crippen molar-refractivity contribution in [2.75, 3.05) is 55.8 Å². The SMILES string of the molecule is COc1cc(CCCCCCOC(=O)C2CCCCN2C(=O)Oc2cc(OC)c(OC)c(OC)c2)cc(OC)c1OC. The fourth-order valence-electron chi connectivity index (χ4n) is 5.00. The molecule has 0 bridgehead atoms. The molecule has 2 aromatic rings. The van der Waals surface area contributed by atoms with E-state index in [-0.39, 0.29) is 5.75 Å². The molecule has 11 heteroatoms. The molecule has 1 saturated heterocycles. The smallest absolute Gasteiger partial charge is 0.415 e. The molecular weight excluding hydrogens is 546 g/mol. The number of carbonyl (C=O) groups is 2. The number of methoxy groups -OCH3 is 6. The van der Waals surface area contributed by atoms with E-state index in [4.69, 9.17) is 37.9 Å². The molecule has 0 aliphatic carbocycles. The van der Waals surface area contributed by atoms with Crippen molar-refractivity contribution >= 4 is 12.1 Å². The lowest BCUT2D eigenvalue weighted by atomic mass is 10.0. The second-order valence-electron chi connectivity index (χ2n) is 9.80. The molecule has 0 N–H and O–H groups in total. The van der Waals surface area contributed by atoms with Crippen LogP contribution in [0.25, 0.3) is 0 Å². The van der Waals surface area contributed by atoms with Crippen LogP contribution in [-0.4, -0.2) is 78.8 Å². The molecule has 1 atom stereocenters. The highest BCUT2D eigenvalue weighted by Crippen LogP contribution is 2.41. The Morgan fingerprint density at radius 2 is 1.26 bits per heavy atom. The first-order valence-corrected chi connectivity index (χ1v) is 14.1. The molecule has 11 nitrogen and oxygen atoms in total. The number of ether oxygens (including phenoxy) is 8. The Balaban J connectivity index is 1.46. The predicted molar refractivity (Wildman–Crippen MR) is 156 cm³/mol. The van der Waals surface area contributed by atoms with Crippen molar-refractivity contribution in [2.24, 2.45) is 0 Å². The maximum atomic E-state index is 13.1. The second-order valence-corrected chi connectivity index (χ2v) is 9.80. The molecule has 3 rings (SSSR count). The van der Waals surface area contributed by atoms with Crippen molar-refractivity contribution in [3.8, 4) is 40.2 Å². The molecule has 0 aromatic heterocycles. The number of likely N-dealkylation sites (tertiary alicyclic amines) is 1. The van der Waals surface area contributed by atoms with E-state index in [2.05, 4.69) is 0 Å². The van der Waals surface area contributed by atoms with Crippen LogP contribution in [0.15, 0.2) is 24.3 Å². The fraction of sp³-hybridized carbons (Fsp3) is 0.548. The van der Waals surface area contributed by atoms with Gasteiger partial charge in [-0.3, -0.25) is 4.90 Å². The van der Waals surface area contributed by atoms with Crippen molar-refractivity contribution in [3.63, 3.8) is 0 Å². The van der Waals surface area contributed by atoms with E-state index >= 15 is 0 Å². The number of hydrogen-bond acceptors (Lipinski definition) is 10. The molecule has 1 amide bonds. The number of amides is 1. The van der Waals surface area contributed by atoms with Gasteiger partial charge in [0.1, 0.15) is 11.8 Å². The summed E-state index contributed by atoms with van der Waals surface area (Å²) in [5, 5.41) is 0. The molecule has 42 heavy (non-hydrogen) atoms. The molecule has 1 aliphatic heterocycles. The first kappa shape index (κ1) is 32.5. The number of benzene rings is 2. The van der Waals surface area contributed by atoms with Gasteiger partial charge in [0.25, 0.3) is 0 Å². The van der Waals surface area contributed by atoms with Crippen LogP contribution in [0.1, 0.15) is 50.5 Å². The summed E-state index contributed by atoms with van der Waals surface area (Å²) in [7, 11) is 9.25. The number of carbonyl (C=O) groups excluding carboxylic acids is 2. The quantitative estimate of drug-likeness (QED) is 0.197. The first-order valence-electron chi connectivity index (χ1n) is 14.1. The van der Waals surface area contributed by atoms with E-state index in [1.165, 1.54) is 38.4 Å². The van der Waals surface area contributed by atoms with Gasteiger partial charge in [0.05, 0.1) is 49.3 Å². The van der Waals surface area contributed by atoms with E-state index in [0.717, 1.165) is 50.5 Å². The van der Waals surface area contributed by atoms with E-state index in [9.17, 15) is 9.59 Å². The lowest BCUT2D eigenvalue weighted by Gasteiger charge is -2.33. The average molecular weight is 590 g/mol. The highest BCUT2D eigenvalue weighted by Gasteiger charge is 2.35. The Morgan fingerprint density at radius 3 is 1.81 bits per heavy atom. The highest BCUT2D eigenvalue weighted by molar-refractivity contribution is 5.82. The van der Waals surface area contributed by atoms with Crippen LogP contribution in [0, 0.1) is 0 Å². The van der Waals surface area contributed by atoms with Crippen molar-refractivity contribution in [2.45, 2.75) is 57.4 Å². The normalized spacial score (nSPS) is 14.5. The predicted octanol–water partition coefficient (Wildman–Crippen LogP) is 5.44. The molecule has 1 aliphatic rings. The minimum absolute atomic E-state index is 0.221. The van der Waals surface area contributed by atoms with Gasteiger partial charge in [-0.2, -0.15) is 0 Å².